The molecule has 0 N–H and O–H groups in total. The highest BCUT2D eigenvalue weighted by atomic mass is 19.1. The van der Waals surface area contributed by atoms with Crippen molar-refractivity contribution in [1.29, 1.82) is 0 Å². The Labute approximate surface area is 181 Å². The molecule has 0 amide bonds. The molecule has 1 atom stereocenters. The predicted molar refractivity (Wildman–Crippen MR) is 118 cm³/mol. The van der Waals surface area contributed by atoms with E-state index in [1.807, 2.05) is 26.0 Å². The summed E-state index contributed by atoms with van der Waals surface area (Å²) in [5.74, 6) is -1.59. The Bertz CT molecular complexity index is 1070. The molecule has 0 aliphatic rings. The first kappa shape index (κ1) is 22.3. The van der Waals surface area contributed by atoms with E-state index in [-0.39, 0.29) is 12.5 Å². The van der Waals surface area contributed by atoms with E-state index in [0.29, 0.717) is 23.3 Å². The van der Waals surface area contributed by atoms with Crippen molar-refractivity contribution in [3.8, 4) is 0 Å². The van der Waals surface area contributed by atoms with Gasteiger partial charge in [-0.1, -0.05) is 47.6 Å². The second kappa shape index (κ2) is 10.1. The van der Waals surface area contributed by atoms with Crippen molar-refractivity contribution in [2.45, 2.75) is 39.7 Å². The molecule has 0 heterocycles. The molecule has 0 fully saturated rings. The Morgan fingerprint density at radius 1 is 0.935 bits per heavy atom. The van der Waals surface area contributed by atoms with Gasteiger partial charge in [0.05, 0.1) is 5.71 Å². The maximum absolute atomic E-state index is 13.9. The number of hydrogen-bond donors (Lipinski definition) is 0. The Balaban J connectivity index is 1.83. The van der Waals surface area contributed by atoms with Gasteiger partial charge < -0.3 is 4.84 Å². The first-order chi connectivity index (χ1) is 14.9. The summed E-state index contributed by atoms with van der Waals surface area (Å²) in [7, 11) is 0. The number of carbonyl (C=O) groups is 1. The smallest absolute Gasteiger partial charge is 0.150 e. The van der Waals surface area contributed by atoms with Crippen LogP contribution in [0.15, 0.2) is 65.8 Å². The molecule has 160 valence electrons. The lowest BCUT2D eigenvalue weighted by Gasteiger charge is -2.18. The lowest BCUT2D eigenvalue weighted by Crippen LogP contribution is -2.14. The van der Waals surface area contributed by atoms with Crippen molar-refractivity contribution in [1.82, 2.24) is 0 Å². The number of rotatable bonds is 8. The van der Waals surface area contributed by atoms with Gasteiger partial charge in [0.2, 0.25) is 0 Å². The van der Waals surface area contributed by atoms with E-state index in [2.05, 4.69) is 11.2 Å². The average Bonchev–Trinajstić information content (AvgIpc) is 2.74. The van der Waals surface area contributed by atoms with E-state index in [1.165, 1.54) is 17.7 Å². The molecule has 0 radical (unpaired) electrons. The third kappa shape index (κ3) is 6.07. The zero-order chi connectivity index (χ0) is 22.4. The second-order valence-electron chi connectivity index (χ2n) is 7.74. The number of hydrogen-bond acceptors (Lipinski definition) is 3. The summed E-state index contributed by atoms with van der Waals surface area (Å²) >= 11 is 0. The zero-order valence-electron chi connectivity index (χ0n) is 17.9. The van der Waals surface area contributed by atoms with Crippen molar-refractivity contribution in [2.75, 3.05) is 0 Å². The fraction of sp³-hybridized carbons (Fsp3) is 0.231. The highest BCUT2D eigenvalue weighted by molar-refractivity contribution is 5.88. The molecule has 5 heteroatoms. The van der Waals surface area contributed by atoms with Gasteiger partial charge in [0.1, 0.15) is 24.5 Å². The molecule has 0 bridgehead atoms. The van der Waals surface area contributed by atoms with Gasteiger partial charge in [0.25, 0.3) is 0 Å². The summed E-state index contributed by atoms with van der Waals surface area (Å²) in [5, 5.41) is 4.24. The predicted octanol–water partition coefficient (Wildman–Crippen LogP) is 6.31. The largest absolute Gasteiger partial charge is 0.391 e. The van der Waals surface area contributed by atoms with Crippen molar-refractivity contribution in [2.24, 2.45) is 5.16 Å². The number of aryl methyl sites for hydroxylation is 2. The summed E-state index contributed by atoms with van der Waals surface area (Å²) in [4.78, 5) is 16.3. The van der Waals surface area contributed by atoms with Crippen LogP contribution in [0, 0.1) is 25.5 Å². The van der Waals surface area contributed by atoms with Gasteiger partial charge in [-0.25, -0.2) is 8.78 Å². The van der Waals surface area contributed by atoms with Crippen LogP contribution in [-0.4, -0.2) is 12.0 Å². The van der Waals surface area contributed by atoms with Crippen LogP contribution >= 0.6 is 0 Å². The molecule has 0 aliphatic carbocycles. The first-order valence-electron chi connectivity index (χ1n) is 10.1. The Kier molecular flexibility index (Phi) is 7.29. The van der Waals surface area contributed by atoms with Crippen molar-refractivity contribution < 1.29 is 18.4 Å². The van der Waals surface area contributed by atoms with E-state index in [4.69, 9.17) is 4.84 Å². The number of oxime groups is 1. The maximum atomic E-state index is 13.9. The van der Waals surface area contributed by atoms with Crippen LogP contribution < -0.4 is 0 Å². The quantitative estimate of drug-likeness (QED) is 0.243. The van der Waals surface area contributed by atoms with Crippen LogP contribution in [0.4, 0.5) is 8.78 Å². The molecule has 0 aliphatic heterocycles. The molecule has 3 aromatic carbocycles. The van der Waals surface area contributed by atoms with Gasteiger partial charge >= 0.3 is 0 Å². The van der Waals surface area contributed by atoms with Crippen LogP contribution in [0.5, 0.6) is 0 Å². The highest BCUT2D eigenvalue weighted by Gasteiger charge is 2.19. The lowest BCUT2D eigenvalue weighted by molar-refractivity contribution is 0.112. The Hall–Kier alpha value is -3.34. The normalized spacial score (nSPS) is 12.5. The summed E-state index contributed by atoms with van der Waals surface area (Å²) in [5.41, 5.74) is 5.98. The molecule has 31 heavy (non-hydrogen) atoms. The minimum atomic E-state index is -0.621. The fourth-order valence-electron chi connectivity index (χ4n) is 3.41. The van der Waals surface area contributed by atoms with Crippen LogP contribution in [0.2, 0.25) is 0 Å². The van der Waals surface area contributed by atoms with Crippen LogP contribution in [0.25, 0.3) is 0 Å². The monoisotopic (exact) mass is 421 g/mol. The Morgan fingerprint density at radius 3 is 2.19 bits per heavy atom. The molecule has 3 rings (SSSR count). The molecule has 0 spiro atoms. The molecule has 0 saturated heterocycles. The summed E-state index contributed by atoms with van der Waals surface area (Å²) < 4.78 is 27.8. The number of nitrogens with zero attached hydrogens (tertiary/aromatic N) is 1. The molecular formula is C26H25F2NO2. The van der Waals surface area contributed by atoms with Gasteiger partial charge in [-0.05, 0) is 67.1 Å². The standard InChI is InChI=1S/C26H25F2NO2/c1-17-4-5-22(10-18(17)2)11-26(23-12-24(27)14-25(28)13-23)19(3)29-31-16-21-8-6-20(15-30)7-9-21/h4-10,12-15,26H,11,16H2,1-3H3. The van der Waals surface area contributed by atoms with Crippen LogP contribution in [0.1, 0.15) is 51.0 Å². The SMILES string of the molecule is CC(=NOCc1ccc(C=O)cc1)C(Cc1ccc(C)c(C)c1)c1cc(F)cc(F)c1. The van der Waals surface area contributed by atoms with Crippen LogP contribution in [-0.2, 0) is 17.9 Å². The third-order valence-electron chi connectivity index (χ3n) is 5.36. The number of aldehydes is 1. The van der Waals surface area contributed by atoms with E-state index >= 15 is 0 Å². The van der Waals surface area contributed by atoms with Crippen molar-refractivity contribution in [3.63, 3.8) is 0 Å². The van der Waals surface area contributed by atoms with E-state index in [1.54, 1.807) is 31.2 Å². The molecule has 0 aromatic heterocycles. The van der Waals surface area contributed by atoms with E-state index in [9.17, 15) is 13.6 Å². The lowest BCUT2D eigenvalue weighted by atomic mass is 9.87. The number of carbonyl (C=O) groups excluding carboxylic acids is 1. The van der Waals surface area contributed by atoms with Gasteiger partial charge in [-0.15, -0.1) is 0 Å². The minimum absolute atomic E-state index is 0.227. The van der Waals surface area contributed by atoms with Crippen molar-refractivity contribution >= 4 is 12.0 Å². The third-order valence-corrected chi connectivity index (χ3v) is 5.36. The second-order valence-corrected chi connectivity index (χ2v) is 7.74. The summed E-state index contributed by atoms with van der Waals surface area (Å²) in [6, 6.07) is 16.7. The summed E-state index contributed by atoms with van der Waals surface area (Å²) in [6.45, 7) is 6.10. The van der Waals surface area contributed by atoms with Gasteiger partial charge in [-0.3, -0.25) is 4.79 Å². The molecule has 1 unspecified atom stereocenters. The number of benzene rings is 3. The highest BCUT2D eigenvalue weighted by Crippen LogP contribution is 2.26. The van der Waals surface area contributed by atoms with Crippen molar-refractivity contribution in [3.05, 3.63) is 106 Å². The number of halogens is 2. The van der Waals surface area contributed by atoms with E-state index < -0.39 is 11.6 Å². The van der Waals surface area contributed by atoms with Gasteiger partial charge in [0.15, 0.2) is 0 Å². The first-order valence-corrected chi connectivity index (χ1v) is 10.1. The maximum Gasteiger partial charge on any atom is 0.150 e. The summed E-state index contributed by atoms with van der Waals surface area (Å²) in [6.07, 6.45) is 1.32. The van der Waals surface area contributed by atoms with E-state index in [0.717, 1.165) is 29.0 Å². The Morgan fingerprint density at radius 2 is 1.58 bits per heavy atom. The van der Waals surface area contributed by atoms with Crippen LogP contribution in [0.3, 0.4) is 0 Å². The van der Waals surface area contributed by atoms with Gasteiger partial charge in [0, 0.05) is 17.5 Å². The minimum Gasteiger partial charge on any atom is -0.391 e. The molecule has 3 aromatic rings. The zero-order valence-corrected chi connectivity index (χ0v) is 17.9. The molecule has 3 nitrogen and oxygen atoms in total. The fourth-order valence-corrected chi connectivity index (χ4v) is 3.41. The molecule has 0 saturated carbocycles. The molecular weight excluding hydrogens is 396 g/mol. The van der Waals surface area contributed by atoms with Gasteiger partial charge in [-0.2, -0.15) is 0 Å². The average molecular weight is 421 g/mol. The topological polar surface area (TPSA) is 38.7 Å².